The summed E-state index contributed by atoms with van der Waals surface area (Å²) < 4.78 is 11.2. The first kappa shape index (κ1) is 17.8. The van der Waals surface area contributed by atoms with Crippen molar-refractivity contribution in [3.63, 3.8) is 0 Å². The number of rotatable bonds is 7. The maximum absolute atomic E-state index is 12.4. The first-order valence-corrected chi connectivity index (χ1v) is 8.73. The quantitative estimate of drug-likeness (QED) is 0.639. The zero-order chi connectivity index (χ0) is 18.4. The van der Waals surface area contributed by atoms with E-state index in [4.69, 9.17) is 9.47 Å². The fourth-order valence-corrected chi connectivity index (χ4v) is 2.79. The Morgan fingerprint density at radius 1 is 0.923 bits per heavy atom. The summed E-state index contributed by atoms with van der Waals surface area (Å²) in [6.07, 6.45) is 0. The first-order valence-electron chi connectivity index (χ1n) is 8.73. The highest BCUT2D eigenvalue weighted by molar-refractivity contribution is 5.88. The number of fused-ring (bicyclic) bond motifs is 1. The smallest absolute Gasteiger partial charge is 0.260 e. The lowest BCUT2D eigenvalue weighted by Crippen LogP contribution is -2.30. The summed E-state index contributed by atoms with van der Waals surface area (Å²) in [5.74, 6) is 1.50. The number of hydrogen-bond donors (Lipinski definition) is 0. The highest BCUT2D eigenvalue weighted by Crippen LogP contribution is 2.25. The lowest BCUT2D eigenvalue weighted by Gasteiger charge is -2.18. The van der Waals surface area contributed by atoms with Gasteiger partial charge >= 0.3 is 0 Å². The van der Waals surface area contributed by atoms with Crippen LogP contribution in [0.4, 0.5) is 0 Å². The molecule has 0 heterocycles. The van der Waals surface area contributed by atoms with Crippen LogP contribution in [0.25, 0.3) is 10.8 Å². The third kappa shape index (κ3) is 4.33. The van der Waals surface area contributed by atoms with Gasteiger partial charge in [-0.1, -0.05) is 48.5 Å². The zero-order valence-electron chi connectivity index (χ0n) is 15.1. The van der Waals surface area contributed by atoms with E-state index in [-0.39, 0.29) is 12.5 Å². The molecule has 0 aromatic heterocycles. The van der Waals surface area contributed by atoms with Gasteiger partial charge in [0.05, 0.1) is 6.61 Å². The highest BCUT2D eigenvalue weighted by Gasteiger charge is 2.11. The maximum atomic E-state index is 12.4. The van der Waals surface area contributed by atoms with Gasteiger partial charge in [-0.25, -0.2) is 0 Å². The second-order valence-electron chi connectivity index (χ2n) is 6.09. The predicted octanol–water partition coefficient (Wildman–Crippen LogP) is 4.28. The van der Waals surface area contributed by atoms with E-state index in [0.717, 1.165) is 27.8 Å². The molecule has 3 aromatic carbocycles. The molecule has 0 aliphatic rings. The fourth-order valence-electron chi connectivity index (χ4n) is 2.79. The third-order valence-corrected chi connectivity index (χ3v) is 4.18. The topological polar surface area (TPSA) is 38.8 Å². The third-order valence-electron chi connectivity index (χ3n) is 4.18. The van der Waals surface area contributed by atoms with E-state index in [1.807, 2.05) is 73.7 Å². The highest BCUT2D eigenvalue weighted by atomic mass is 16.5. The van der Waals surface area contributed by atoms with Gasteiger partial charge in [-0.3, -0.25) is 4.79 Å². The van der Waals surface area contributed by atoms with Crippen LogP contribution in [0.2, 0.25) is 0 Å². The maximum Gasteiger partial charge on any atom is 0.260 e. The molecule has 1 amide bonds. The van der Waals surface area contributed by atoms with Crippen molar-refractivity contribution < 1.29 is 14.3 Å². The summed E-state index contributed by atoms with van der Waals surface area (Å²) in [5.41, 5.74) is 1.05. The molecular weight excluding hydrogens is 326 g/mol. The Labute approximate surface area is 154 Å². The summed E-state index contributed by atoms with van der Waals surface area (Å²) in [5, 5.41) is 2.11. The van der Waals surface area contributed by atoms with Crippen LogP contribution < -0.4 is 9.47 Å². The minimum Gasteiger partial charge on any atom is -0.494 e. The van der Waals surface area contributed by atoms with Crippen molar-refractivity contribution in [2.75, 3.05) is 20.3 Å². The zero-order valence-corrected chi connectivity index (χ0v) is 15.1. The van der Waals surface area contributed by atoms with E-state index in [0.29, 0.717) is 13.2 Å². The standard InChI is InChI=1S/C22H23NO3/c1-3-25-19-13-11-17(12-14-19)15-23(2)22(24)16-26-21-10-6-8-18-7-4-5-9-20(18)21/h4-14H,3,15-16H2,1-2H3. The van der Waals surface area contributed by atoms with E-state index < -0.39 is 0 Å². The molecule has 4 nitrogen and oxygen atoms in total. The lowest BCUT2D eigenvalue weighted by atomic mass is 10.1. The van der Waals surface area contributed by atoms with E-state index >= 15 is 0 Å². The summed E-state index contributed by atoms with van der Waals surface area (Å²) in [4.78, 5) is 14.1. The summed E-state index contributed by atoms with van der Waals surface area (Å²) in [6.45, 7) is 3.14. The van der Waals surface area contributed by atoms with Gasteiger partial charge in [0.2, 0.25) is 0 Å². The number of ether oxygens (including phenoxy) is 2. The fraction of sp³-hybridized carbons (Fsp3) is 0.227. The van der Waals surface area contributed by atoms with Crippen molar-refractivity contribution in [2.45, 2.75) is 13.5 Å². The second-order valence-corrected chi connectivity index (χ2v) is 6.09. The molecule has 3 rings (SSSR count). The molecule has 0 aliphatic heterocycles. The molecule has 26 heavy (non-hydrogen) atoms. The van der Waals surface area contributed by atoms with Crippen LogP contribution in [-0.4, -0.2) is 31.1 Å². The summed E-state index contributed by atoms with van der Waals surface area (Å²) in [6, 6.07) is 21.6. The average molecular weight is 349 g/mol. The van der Waals surface area contributed by atoms with E-state index in [2.05, 4.69) is 0 Å². The minimum absolute atomic E-state index is 0.0154. The van der Waals surface area contributed by atoms with Gasteiger partial charge in [0, 0.05) is 19.0 Å². The van der Waals surface area contributed by atoms with Gasteiger partial charge < -0.3 is 14.4 Å². The molecule has 134 valence electrons. The molecule has 0 spiro atoms. The van der Waals surface area contributed by atoms with Crippen LogP contribution in [0.1, 0.15) is 12.5 Å². The molecule has 0 aliphatic carbocycles. The number of carbonyl (C=O) groups is 1. The molecule has 3 aromatic rings. The summed E-state index contributed by atoms with van der Waals surface area (Å²) in [7, 11) is 1.78. The van der Waals surface area contributed by atoms with Crippen LogP contribution >= 0.6 is 0 Å². The Morgan fingerprint density at radius 3 is 2.42 bits per heavy atom. The van der Waals surface area contributed by atoms with Gasteiger partial charge in [-0.05, 0) is 36.1 Å². The number of carbonyl (C=O) groups excluding carboxylic acids is 1. The lowest BCUT2D eigenvalue weighted by molar-refractivity contribution is -0.132. The summed E-state index contributed by atoms with van der Waals surface area (Å²) >= 11 is 0. The van der Waals surface area contributed by atoms with E-state index in [1.54, 1.807) is 11.9 Å². The number of benzene rings is 3. The predicted molar refractivity (Wildman–Crippen MR) is 104 cm³/mol. The second kappa shape index (κ2) is 8.39. The molecular formula is C22H23NO3. The Bertz CT molecular complexity index is 869. The van der Waals surface area contributed by atoms with Crippen molar-refractivity contribution in [1.29, 1.82) is 0 Å². The van der Waals surface area contributed by atoms with E-state index in [1.165, 1.54) is 0 Å². The molecule has 0 saturated heterocycles. The van der Waals surface area contributed by atoms with Gasteiger partial charge in [-0.15, -0.1) is 0 Å². The number of nitrogens with zero attached hydrogens (tertiary/aromatic N) is 1. The number of hydrogen-bond acceptors (Lipinski definition) is 3. The normalized spacial score (nSPS) is 10.5. The molecule has 0 N–H and O–H groups in total. The Hall–Kier alpha value is -3.01. The average Bonchev–Trinajstić information content (AvgIpc) is 2.67. The van der Waals surface area contributed by atoms with Crippen molar-refractivity contribution >= 4 is 16.7 Å². The van der Waals surface area contributed by atoms with Gasteiger partial charge in [-0.2, -0.15) is 0 Å². The molecule has 0 radical (unpaired) electrons. The van der Waals surface area contributed by atoms with E-state index in [9.17, 15) is 4.79 Å². The molecule has 0 fully saturated rings. The molecule has 4 heteroatoms. The van der Waals surface area contributed by atoms with Crippen molar-refractivity contribution in [2.24, 2.45) is 0 Å². The van der Waals surface area contributed by atoms with Crippen LogP contribution in [-0.2, 0) is 11.3 Å². The van der Waals surface area contributed by atoms with Crippen molar-refractivity contribution in [1.82, 2.24) is 4.90 Å². The van der Waals surface area contributed by atoms with Gasteiger partial charge in [0.1, 0.15) is 11.5 Å². The van der Waals surface area contributed by atoms with Gasteiger partial charge in [0.25, 0.3) is 5.91 Å². The Balaban J connectivity index is 1.58. The van der Waals surface area contributed by atoms with Crippen LogP contribution in [0.5, 0.6) is 11.5 Å². The minimum atomic E-state index is -0.0631. The van der Waals surface area contributed by atoms with Crippen molar-refractivity contribution in [3.05, 3.63) is 72.3 Å². The molecule has 0 saturated carbocycles. The SMILES string of the molecule is CCOc1ccc(CN(C)C(=O)COc2cccc3ccccc23)cc1. The monoisotopic (exact) mass is 349 g/mol. The number of likely N-dealkylation sites (N-methyl/N-ethyl adjacent to an activating group) is 1. The Morgan fingerprint density at radius 2 is 1.65 bits per heavy atom. The molecule has 0 atom stereocenters. The van der Waals surface area contributed by atoms with Gasteiger partial charge in [0.15, 0.2) is 6.61 Å². The number of amides is 1. The van der Waals surface area contributed by atoms with Crippen LogP contribution in [0.3, 0.4) is 0 Å². The molecule has 0 bridgehead atoms. The van der Waals surface area contributed by atoms with Crippen LogP contribution in [0.15, 0.2) is 66.7 Å². The molecule has 0 unspecified atom stereocenters. The largest absolute Gasteiger partial charge is 0.494 e. The van der Waals surface area contributed by atoms with Crippen LogP contribution in [0, 0.1) is 0 Å². The van der Waals surface area contributed by atoms with Crippen molar-refractivity contribution in [3.8, 4) is 11.5 Å². The Kier molecular flexibility index (Phi) is 5.74. The first-order chi connectivity index (χ1) is 12.7.